The number of anilines is 1. The van der Waals surface area contributed by atoms with Crippen LogP contribution in [0.5, 0.6) is 11.5 Å². The van der Waals surface area contributed by atoms with Crippen molar-refractivity contribution >= 4 is 28.3 Å². The van der Waals surface area contributed by atoms with E-state index >= 15 is 0 Å². The summed E-state index contributed by atoms with van der Waals surface area (Å²) >= 11 is 5.11. The number of ketones is 1. The molecule has 0 aliphatic rings. The lowest BCUT2D eigenvalue weighted by Gasteiger charge is -2.16. The summed E-state index contributed by atoms with van der Waals surface area (Å²) in [6.07, 6.45) is 0.306. The fraction of sp³-hybridized carbons (Fsp3) is 0.440. The van der Waals surface area contributed by atoms with Crippen molar-refractivity contribution in [2.75, 3.05) is 20.0 Å². The van der Waals surface area contributed by atoms with Crippen LogP contribution in [0.2, 0.25) is 0 Å². The number of carbonyl (C=O) groups excluding carboxylic acids is 2. The number of ether oxygens (including phenoxy) is 2. The number of carbonyl (C=O) groups is 2. The minimum absolute atomic E-state index is 0.126. The first-order valence-corrected chi connectivity index (χ1v) is 10.5. The molecule has 8 heteroatoms. The standard InChI is InChI=1S/C13H17FO2.C7H8FNO.C5H9ClO/c1-13(2,3)12(15)8-9-5-6-10(14)11(7-9)16-4;1-10-7-4-5(9)2-3-6(7)8;1-5(2,3)4(6)7/h5-7H,8H2,1-4H3;2-4H,9H2,1H3;1-3H3. The third-order valence-corrected chi connectivity index (χ3v) is 4.75. The van der Waals surface area contributed by atoms with Gasteiger partial charge in [-0.2, -0.15) is 0 Å². The molecule has 33 heavy (non-hydrogen) atoms. The smallest absolute Gasteiger partial charge is 0.226 e. The molecule has 0 bridgehead atoms. The maximum absolute atomic E-state index is 13.1. The van der Waals surface area contributed by atoms with Crippen LogP contribution in [-0.2, 0) is 16.0 Å². The van der Waals surface area contributed by atoms with E-state index in [1.807, 2.05) is 20.8 Å². The van der Waals surface area contributed by atoms with E-state index in [-0.39, 0.29) is 33.4 Å². The number of rotatable bonds is 4. The van der Waals surface area contributed by atoms with Crippen LogP contribution in [0.25, 0.3) is 0 Å². The van der Waals surface area contributed by atoms with Crippen LogP contribution in [-0.4, -0.2) is 25.2 Å². The van der Waals surface area contributed by atoms with Gasteiger partial charge in [0.25, 0.3) is 0 Å². The van der Waals surface area contributed by atoms with Crippen LogP contribution in [0.15, 0.2) is 36.4 Å². The Balaban J connectivity index is 0.000000514. The van der Waals surface area contributed by atoms with Gasteiger partial charge in [0.2, 0.25) is 5.24 Å². The second-order valence-electron chi connectivity index (χ2n) is 9.24. The summed E-state index contributed by atoms with van der Waals surface area (Å²) in [5.41, 5.74) is 5.88. The molecular weight excluding hydrogens is 452 g/mol. The summed E-state index contributed by atoms with van der Waals surface area (Å²) < 4.78 is 35.3. The highest BCUT2D eigenvalue weighted by Crippen LogP contribution is 2.22. The molecule has 0 heterocycles. The quantitative estimate of drug-likeness (QED) is 0.411. The number of benzene rings is 2. The lowest BCUT2D eigenvalue weighted by atomic mass is 9.87. The van der Waals surface area contributed by atoms with Crippen molar-refractivity contribution in [3.8, 4) is 11.5 Å². The van der Waals surface area contributed by atoms with Gasteiger partial charge in [0.05, 0.1) is 14.2 Å². The van der Waals surface area contributed by atoms with E-state index in [9.17, 15) is 18.4 Å². The molecule has 0 amide bonds. The zero-order valence-corrected chi connectivity index (χ0v) is 21.3. The maximum Gasteiger partial charge on any atom is 0.226 e. The molecule has 2 aromatic carbocycles. The average Bonchev–Trinajstić information content (AvgIpc) is 2.70. The first-order chi connectivity index (χ1) is 15.0. The first-order valence-electron chi connectivity index (χ1n) is 10.2. The zero-order valence-electron chi connectivity index (χ0n) is 20.5. The molecule has 2 N–H and O–H groups in total. The van der Waals surface area contributed by atoms with Crippen LogP contribution in [0.1, 0.15) is 47.1 Å². The van der Waals surface area contributed by atoms with Crippen molar-refractivity contribution in [3.63, 3.8) is 0 Å². The summed E-state index contributed by atoms with van der Waals surface area (Å²) in [6.45, 7) is 11.0. The molecule has 0 saturated carbocycles. The molecular formula is C25H34ClF2NO4. The second kappa shape index (κ2) is 13.1. The molecule has 0 fully saturated rings. The highest BCUT2D eigenvalue weighted by molar-refractivity contribution is 6.64. The lowest BCUT2D eigenvalue weighted by Crippen LogP contribution is -2.22. The van der Waals surface area contributed by atoms with Crippen LogP contribution in [0.4, 0.5) is 14.5 Å². The van der Waals surface area contributed by atoms with Gasteiger partial charge in [-0.15, -0.1) is 0 Å². The van der Waals surface area contributed by atoms with Crippen molar-refractivity contribution in [2.45, 2.75) is 48.0 Å². The Morgan fingerprint density at radius 3 is 1.64 bits per heavy atom. The summed E-state index contributed by atoms with van der Waals surface area (Å²) in [6, 6.07) is 8.70. The number of hydrogen-bond donors (Lipinski definition) is 1. The molecule has 0 aromatic heterocycles. The fourth-order valence-electron chi connectivity index (χ4n) is 1.94. The summed E-state index contributed by atoms with van der Waals surface area (Å²) in [4.78, 5) is 22.0. The second-order valence-corrected chi connectivity index (χ2v) is 9.58. The minimum Gasteiger partial charge on any atom is -0.494 e. The van der Waals surface area contributed by atoms with E-state index in [1.54, 1.807) is 32.9 Å². The number of nitrogen functional groups attached to an aromatic ring is 1. The monoisotopic (exact) mass is 485 g/mol. The Labute approximate surface area is 200 Å². The minimum atomic E-state index is -0.408. The number of halogens is 3. The highest BCUT2D eigenvalue weighted by Gasteiger charge is 2.21. The van der Waals surface area contributed by atoms with E-state index in [4.69, 9.17) is 22.1 Å². The van der Waals surface area contributed by atoms with E-state index in [0.717, 1.165) is 5.56 Å². The van der Waals surface area contributed by atoms with Gasteiger partial charge in [0, 0.05) is 29.0 Å². The molecule has 0 radical (unpaired) electrons. The van der Waals surface area contributed by atoms with Gasteiger partial charge < -0.3 is 15.2 Å². The summed E-state index contributed by atoms with van der Waals surface area (Å²) in [5, 5.41) is -0.285. The molecule has 0 spiro atoms. The van der Waals surface area contributed by atoms with Gasteiger partial charge in [-0.05, 0) is 41.4 Å². The van der Waals surface area contributed by atoms with Crippen molar-refractivity contribution in [2.24, 2.45) is 10.8 Å². The van der Waals surface area contributed by atoms with Crippen LogP contribution in [0, 0.1) is 22.5 Å². The predicted octanol–water partition coefficient (Wildman–Crippen LogP) is 6.21. The van der Waals surface area contributed by atoms with Gasteiger partial charge in [-0.3, -0.25) is 9.59 Å². The van der Waals surface area contributed by atoms with E-state index in [1.165, 1.54) is 38.5 Å². The highest BCUT2D eigenvalue weighted by atomic mass is 35.5. The maximum atomic E-state index is 13.1. The summed E-state index contributed by atoms with van der Waals surface area (Å²) in [5.74, 6) is -0.313. The fourth-order valence-corrected chi connectivity index (χ4v) is 1.94. The molecule has 2 aromatic rings. The van der Waals surface area contributed by atoms with Gasteiger partial charge in [-0.1, -0.05) is 47.6 Å². The molecule has 2 rings (SSSR count). The molecule has 184 valence electrons. The molecule has 0 unspecified atom stereocenters. The van der Waals surface area contributed by atoms with Crippen LogP contribution >= 0.6 is 11.6 Å². The average molecular weight is 486 g/mol. The number of nitrogens with two attached hydrogens (primary N) is 1. The lowest BCUT2D eigenvalue weighted by molar-refractivity contribution is -0.125. The van der Waals surface area contributed by atoms with Crippen molar-refractivity contribution in [1.29, 1.82) is 0 Å². The molecule has 0 aliphatic carbocycles. The number of methoxy groups -OCH3 is 2. The Morgan fingerprint density at radius 1 is 0.848 bits per heavy atom. The van der Waals surface area contributed by atoms with Gasteiger partial charge in [-0.25, -0.2) is 8.78 Å². The number of Topliss-reactive ketones (excluding diaryl/α,β-unsaturated/α-hetero) is 1. The largest absolute Gasteiger partial charge is 0.494 e. The van der Waals surface area contributed by atoms with Crippen molar-refractivity contribution in [3.05, 3.63) is 53.6 Å². The van der Waals surface area contributed by atoms with Crippen LogP contribution < -0.4 is 15.2 Å². The van der Waals surface area contributed by atoms with Crippen molar-refractivity contribution < 1.29 is 27.8 Å². The Morgan fingerprint density at radius 2 is 1.27 bits per heavy atom. The topological polar surface area (TPSA) is 78.6 Å². The van der Waals surface area contributed by atoms with E-state index < -0.39 is 11.6 Å². The van der Waals surface area contributed by atoms with Crippen molar-refractivity contribution in [1.82, 2.24) is 0 Å². The molecule has 0 aliphatic heterocycles. The Bertz CT molecular complexity index is 935. The van der Waals surface area contributed by atoms with Crippen LogP contribution in [0.3, 0.4) is 0 Å². The molecule has 0 saturated heterocycles. The Kier molecular flexibility index (Phi) is 12.1. The first kappa shape index (κ1) is 30.3. The van der Waals surface area contributed by atoms with Gasteiger partial charge in [0.15, 0.2) is 23.1 Å². The predicted molar refractivity (Wildman–Crippen MR) is 129 cm³/mol. The normalized spacial score (nSPS) is 10.8. The molecule has 5 nitrogen and oxygen atoms in total. The Hall–Kier alpha value is -2.67. The zero-order chi connectivity index (χ0) is 26.0. The number of hydrogen-bond acceptors (Lipinski definition) is 5. The third kappa shape index (κ3) is 11.7. The SMILES string of the molecule is CC(C)(C)C(=O)Cl.COc1cc(CC(=O)C(C)(C)C)ccc1F.COc1cc(N)ccc1F. The van der Waals surface area contributed by atoms with Gasteiger partial charge >= 0.3 is 0 Å². The molecule has 0 atom stereocenters. The van der Waals surface area contributed by atoms with E-state index in [0.29, 0.717) is 12.1 Å². The third-order valence-electron chi connectivity index (χ3n) is 4.18. The van der Waals surface area contributed by atoms with E-state index in [2.05, 4.69) is 4.74 Å². The van der Waals surface area contributed by atoms with Gasteiger partial charge in [0.1, 0.15) is 5.78 Å². The summed E-state index contributed by atoms with van der Waals surface area (Å²) in [7, 11) is 2.81.